The Hall–Kier alpha value is -1.75. The minimum atomic E-state index is -0.921. The largest absolute Gasteiger partial charge is 0.478 e. The Kier molecular flexibility index (Phi) is 4.27. The number of nitrogens with zero attached hydrogens (tertiary/aromatic N) is 1. The molecular formula is C14H20N2O3. The summed E-state index contributed by atoms with van der Waals surface area (Å²) in [7, 11) is 1.72. The van der Waals surface area contributed by atoms with Crippen molar-refractivity contribution in [1.29, 1.82) is 0 Å². The zero-order valence-electron chi connectivity index (χ0n) is 11.1. The van der Waals surface area contributed by atoms with E-state index in [2.05, 4.69) is 4.90 Å². The lowest BCUT2D eigenvalue weighted by Crippen LogP contribution is -2.35. The van der Waals surface area contributed by atoms with Crippen molar-refractivity contribution in [3.63, 3.8) is 0 Å². The number of carbonyl (C=O) groups is 1. The van der Waals surface area contributed by atoms with Gasteiger partial charge in [-0.2, -0.15) is 0 Å². The van der Waals surface area contributed by atoms with Gasteiger partial charge < -0.3 is 20.5 Å². The van der Waals surface area contributed by atoms with Crippen molar-refractivity contribution in [2.75, 3.05) is 37.4 Å². The van der Waals surface area contributed by atoms with E-state index >= 15 is 0 Å². The number of nitrogen functional groups attached to an aromatic ring is 1. The fourth-order valence-electron chi connectivity index (χ4n) is 2.53. The monoisotopic (exact) mass is 264 g/mol. The van der Waals surface area contributed by atoms with E-state index < -0.39 is 5.97 Å². The van der Waals surface area contributed by atoms with Crippen LogP contribution in [-0.2, 0) is 4.74 Å². The lowest BCUT2D eigenvalue weighted by atomic mass is 9.97. The van der Waals surface area contributed by atoms with E-state index in [0.717, 1.165) is 38.2 Å². The maximum atomic E-state index is 11.0. The third kappa shape index (κ3) is 3.17. The minimum absolute atomic E-state index is 0.281. The van der Waals surface area contributed by atoms with Gasteiger partial charge in [-0.15, -0.1) is 0 Å². The predicted molar refractivity (Wildman–Crippen MR) is 74.6 cm³/mol. The fourth-order valence-corrected chi connectivity index (χ4v) is 2.53. The first-order valence-electron chi connectivity index (χ1n) is 6.48. The zero-order valence-corrected chi connectivity index (χ0v) is 11.1. The quantitative estimate of drug-likeness (QED) is 0.811. The fraction of sp³-hybridized carbons (Fsp3) is 0.500. The number of aromatic carboxylic acids is 1. The van der Waals surface area contributed by atoms with Crippen LogP contribution in [0, 0.1) is 5.92 Å². The second-order valence-electron chi connectivity index (χ2n) is 4.96. The lowest BCUT2D eigenvalue weighted by molar-refractivity contribution is 0.0697. The first-order chi connectivity index (χ1) is 9.11. The van der Waals surface area contributed by atoms with E-state index in [1.807, 2.05) is 0 Å². The summed E-state index contributed by atoms with van der Waals surface area (Å²) in [5, 5.41) is 9.03. The Morgan fingerprint density at radius 3 is 2.74 bits per heavy atom. The van der Waals surface area contributed by atoms with E-state index in [-0.39, 0.29) is 5.56 Å². The van der Waals surface area contributed by atoms with Gasteiger partial charge in [0, 0.05) is 26.8 Å². The summed E-state index contributed by atoms with van der Waals surface area (Å²) in [4.78, 5) is 13.2. The number of hydrogen-bond donors (Lipinski definition) is 2. The first kappa shape index (κ1) is 13.7. The molecule has 5 nitrogen and oxygen atoms in total. The Balaban J connectivity index is 2.10. The molecule has 0 saturated carbocycles. The van der Waals surface area contributed by atoms with Gasteiger partial charge in [-0.25, -0.2) is 4.79 Å². The molecule has 0 radical (unpaired) electrons. The number of hydrogen-bond acceptors (Lipinski definition) is 4. The molecule has 0 atom stereocenters. The maximum Gasteiger partial charge on any atom is 0.335 e. The third-order valence-electron chi connectivity index (χ3n) is 3.63. The van der Waals surface area contributed by atoms with E-state index in [1.54, 1.807) is 25.3 Å². The molecular weight excluding hydrogens is 244 g/mol. The third-order valence-corrected chi connectivity index (χ3v) is 3.63. The van der Waals surface area contributed by atoms with Crippen molar-refractivity contribution in [3.05, 3.63) is 23.8 Å². The molecule has 1 aromatic rings. The van der Waals surface area contributed by atoms with Gasteiger partial charge in [0.05, 0.1) is 16.9 Å². The molecule has 0 spiro atoms. The minimum Gasteiger partial charge on any atom is -0.478 e. The van der Waals surface area contributed by atoms with Crippen LogP contribution in [0.2, 0.25) is 0 Å². The van der Waals surface area contributed by atoms with Crippen LogP contribution in [-0.4, -0.2) is 37.9 Å². The van der Waals surface area contributed by atoms with Gasteiger partial charge in [0.25, 0.3) is 0 Å². The summed E-state index contributed by atoms with van der Waals surface area (Å²) < 4.78 is 5.18. The highest BCUT2D eigenvalue weighted by atomic mass is 16.5. The Bertz CT molecular complexity index is 454. The van der Waals surface area contributed by atoms with Crippen molar-refractivity contribution in [2.24, 2.45) is 5.92 Å². The SMILES string of the molecule is COCC1CCN(c2cc(C(=O)O)ccc2N)CC1. The summed E-state index contributed by atoms with van der Waals surface area (Å²) in [6.45, 7) is 2.57. The zero-order chi connectivity index (χ0) is 13.8. The summed E-state index contributed by atoms with van der Waals surface area (Å²) in [6, 6.07) is 4.87. The van der Waals surface area contributed by atoms with Gasteiger partial charge >= 0.3 is 5.97 Å². The average Bonchev–Trinajstić information content (AvgIpc) is 2.40. The van der Waals surface area contributed by atoms with Crippen LogP contribution in [0.25, 0.3) is 0 Å². The molecule has 1 aliphatic heterocycles. The second-order valence-corrected chi connectivity index (χ2v) is 4.96. The number of carboxylic acids is 1. The highest BCUT2D eigenvalue weighted by molar-refractivity contribution is 5.90. The molecule has 1 aliphatic rings. The molecule has 0 unspecified atom stereocenters. The standard InChI is InChI=1S/C14H20N2O3/c1-19-9-10-4-6-16(7-5-10)13-8-11(14(17)18)2-3-12(13)15/h2-3,8,10H,4-7,9,15H2,1H3,(H,17,18). The number of nitrogens with two attached hydrogens (primary N) is 1. The smallest absolute Gasteiger partial charge is 0.335 e. The molecule has 2 rings (SSSR count). The number of anilines is 2. The van der Waals surface area contributed by atoms with Gasteiger partial charge in [-0.3, -0.25) is 0 Å². The van der Waals surface area contributed by atoms with Crippen LogP contribution in [0.1, 0.15) is 23.2 Å². The number of carboxylic acid groups (broad SMARTS) is 1. The van der Waals surface area contributed by atoms with E-state index in [1.165, 1.54) is 0 Å². The van der Waals surface area contributed by atoms with E-state index in [9.17, 15) is 4.79 Å². The molecule has 19 heavy (non-hydrogen) atoms. The van der Waals surface area contributed by atoms with Crippen LogP contribution in [0.15, 0.2) is 18.2 Å². The number of benzene rings is 1. The van der Waals surface area contributed by atoms with Crippen molar-refractivity contribution < 1.29 is 14.6 Å². The summed E-state index contributed by atoms with van der Waals surface area (Å²) in [6.07, 6.45) is 2.09. The number of methoxy groups -OCH3 is 1. The van der Waals surface area contributed by atoms with Crippen LogP contribution >= 0.6 is 0 Å². The Morgan fingerprint density at radius 1 is 1.47 bits per heavy atom. The first-order valence-corrected chi connectivity index (χ1v) is 6.48. The molecule has 0 aliphatic carbocycles. The topological polar surface area (TPSA) is 75.8 Å². The van der Waals surface area contributed by atoms with Crippen LogP contribution < -0.4 is 10.6 Å². The number of rotatable bonds is 4. The Morgan fingerprint density at radius 2 is 2.16 bits per heavy atom. The lowest BCUT2D eigenvalue weighted by Gasteiger charge is -2.34. The maximum absolute atomic E-state index is 11.0. The summed E-state index contributed by atoms with van der Waals surface area (Å²) in [5.41, 5.74) is 7.70. The normalized spacial score (nSPS) is 16.6. The van der Waals surface area contributed by atoms with E-state index in [0.29, 0.717) is 11.6 Å². The van der Waals surface area contributed by atoms with Crippen molar-refractivity contribution in [3.8, 4) is 0 Å². The number of ether oxygens (including phenoxy) is 1. The molecule has 1 heterocycles. The molecule has 0 bridgehead atoms. The van der Waals surface area contributed by atoms with Gasteiger partial charge in [-0.05, 0) is 37.0 Å². The molecule has 5 heteroatoms. The summed E-state index contributed by atoms with van der Waals surface area (Å²) >= 11 is 0. The molecule has 1 saturated heterocycles. The van der Waals surface area contributed by atoms with E-state index in [4.69, 9.17) is 15.6 Å². The number of piperidine rings is 1. The highest BCUT2D eigenvalue weighted by Gasteiger charge is 2.21. The highest BCUT2D eigenvalue weighted by Crippen LogP contribution is 2.29. The van der Waals surface area contributed by atoms with Gasteiger partial charge in [0.2, 0.25) is 0 Å². The summed E-state index contributed by atoms with van der Waals surface area (Å²) in [5.74, 6) is -0.333. The van der Waals surface area contributed by atoms with Crippen LogP contribution in [0.4, 0.5) is 11.4 Å². The van der Waals surface area contributed by atoms with Crippen molar-refractivity contribution >= 4 is 17.3 Å². The van der Waals surface area contributed by atoms with Gasteiger partial charge in [-0.1, -0.05) is 0 Å². The second kappa shape index (κ2) is 5.93. The predicted octanol–water partition coefficient (Wildman–Crippen LogP) is 1.83. The molecule has 0 amide bonds. The Labute approximate surface area is 113 Å². The van der Waals surface area contributed by atoms with Crippen molar-refractivity contribution in [2.45, 2.75) is 12.8 Å². The molecule has 1 aromatic carbocycles. The van der Waals surface area contributed by atoms with Gasteiger partial charge in [0.1, 0.15) is 0 Å². The van der Waals surface area contributed by atoms with Crippen LogP contribution in [0.3, 0.4) is 0 Å². The molecule has 1 fully saturated rings. The molecule has 0 aromatic heterocycles. The van der Waals surface area contributed by atoms with Crippen molar-refractivity contribution in [1.82, 2.24) is 0 Å². The average molecular weight is 264 g/mol. The molecule has 104 valence electrons. The van der Waals surface area contributed by atoms with Gasteiger partial charge in [0.15, 0.2) is 0 Å². The molecule has 3 N–H and O–H groups in total. The van der Waals surface area contributed by atoms with Crippen LogP contribution in [0.5, 0.6) is 0 Å².